The molecule has 0 radical (unpaired) electrons. The first kappa shape index (κ1) is 34.4. The minimum Gasteiger partial charge on any atom is -0.406 e. The highest BCUT2D eigenvalue weighted by atomic mass is 19.4. The number of alkyl halides is 3. The summed E-state index contributed by atoms with van der Waals surface area (Å²) < 4.78 is 98.5. The fourth-order valence-corrected chi connectivity index (χ4v) is 5.67. The smallest absolute Gasteiger partial charge is 0.406 e. The van der Waals surface area contributed by atoms with Gasteiger partial charge in [-0.15, -0.1) is 13.2 Å². The van der Waals surface area contributed by atoms with Crippen molar-refractivity contribution < 1.29 is 45.1 Å². The zero-order valence-corrected chi connectivity index (χ0v) is 25.2. The van der Waals surface area contributed by atoms with Gasteiger partial charge < -0.3 is 20.3 Å². The van der Waals surface area contributed by atoms with E-state index in [0.29, 0.717) is 24.7 Å². The van der Waals surface area contributed by atoms with Crippen LogP contribution in [0, 0.1) is 23.3 Å². The highest BCUT2D eigenvalue weighted by Gasteiger charge is 2.32. The number of anilines is 1. The Balaban J connectivity index is 1.30. The van der Waals surface area contributed by atoms with Crippen LogP contribution in [0.4, 0.5) is 36.4 Å². The maximum atomic E-state index is 15.1. The van der Waals surface area contributed by atoms with Crippen LogP contribution >= 0.6 is 0 Å². The van der Waals surface area contributed by atoms with Crippen molar-refractivity contribution in [1.29, 1.82) is 0 Å². The Morgan fingerprint density at radius 3 is 2.27 bits per heavy atom. The van der Waals surface area contributed by atoms with Crippen molar-refractivity contribution in [2.75, 3.05) is 25.0 Å². The summed E-state index contributed by atoms with van der Waals surface area (Å²) >= 11 is 0. The second-order valence-corrected chi connectivity index (χ2v) is 11.2. The van der Waals surface area contributed by atoms with Gasteiger partial charge in [-0.3, -0.25) is 14.6 Å². The van der Waals surface area contributed by atoms with Crippen molar-refractivity contribution in [1.82, 2.24) is 15.2 Å². The average molecular weight is 675 g/mol. The largest absolute Gasteiger partial charge is 0.573 e. The van der Waals surface area contributed by atoms with E-state index in [4.69, 9.17) is 0 Å². The van der Waals surface area contributed by atoms with E-state index in [2.05, 4.69) is 20.4 Å². The SMILES string of the molecule is O=C(CC(c1ccc(F)cc1)c1cc(F)cc(F)c1)Nc1cncc(F)c1CC[C@H]1CNCCN1C(=O)c1ccc(OC(F)(F)F)cc1. The van der Waals surface area contributed by atoms with Crippen LogP contribution in [0.2, 0.25) is 0 Å². The number of ether oxygens (including phenoxy) is 1. The summed E-state index contributed by atoms with van der Waals surface area (Å²) in [5, 5.41) is 5.82. The number of aromatic nitrogens is 1. The Hall–Kier alpha value is -4.98. The number of pyridine rings is 1. The van der Waals surface area contributed by atoms with E-state index in [1.807, 2.05) is 0 Å². The lowest BCUT2D eigenvalue weighted by atomic mass is 9.88. The van der Waals surface area contributed by atoms with Crippen LogP contribution in [-0.2, 0) is 11.2 Å². The fourth-order valence-electron chi connectivity index (χ4n) is 5.67. The number of halogens is 7. The van der Waals surface area contributed by atoms with Gasteiger partial charge in [0.05, 0.1) is 18.1 Å². The summed E-state index contributed by atoms with van der Waals surface area (Å²) in [6.07, 6.45) is -2.65. The molecule has 2 amide bonds. The van der Waals surface area contributed by atoms with Gasteiger partial charge in [-0.1, -0.05) is 12.1 Å². The second-order valence-electron chi connectivity index (χ2n) is 11.2. The molecule has 1 aliphatic heterocycles. The van der Waals surface area contributed by atoms with Gasteiger partial charge in [-0.25, -0.2) is 17.6 Å². The minimum atomic E-state index is -4.87. The number of hydrogen-bond acceptors (Lipinski definition) is 5. The molecule has 1 aliphatic rings. The zero-order valence-electron chi connectivity index (χ0n) is 25.2. The van der Waals surface area contributed by atoms with Crippen LogP contribution < -0.4 is 15.4 Å². The molecule has 1 unspecified atom stereocenters. The molecule has 2 N–H and O–H groups in total. The number of nitrogens with one attached hydrogen (secondary N) is 2. The molecule has 2 heterocycles. The van der Waals surface area contributed by atoms with Crippen molar-refractivity contribution in [3.8, 4) is 5.75 Å². The normalized spacial score (nSPS) is 15.6. The van der Waals surface area contributed by atoms with Crippen molar-refractivity contribution in [3.05, 3.63) is 125 Å². The Kier molecular flexibility index (Phi) is 10.6. The lowest BCUT2D eigenvalue weighted by Gasteiger charge is -2.36. The highest BCUT2D eigenvalue weighted by molar-refractivity contribution is 5.94. The molecule has 5 rings (SSSR count). The molecule has 0 bridgehead atoms. The third-order valence-electron chi connectivity index (χ3n) is 7.90. The van der Waals surface area contributed by atoms with Gasteiger partial charge >= 0.3 is 6.36 Å². The molecule has 1 aromatic heterocycles. The Labute approximate surface area is 270 Å². The molecule has 0 spiro atoms. The van der Waals surface area contributed by atoms with Crippen LogP contribution in [-0.4, -0.2) is 53.7 Å². The minimum absolute atomic E-state index is 0.0603. The van der Waals surface area contributed by atoms with E-state index in [-0.39, 0.29) is 48.2 Å². The van der Waals surface area contributed by atoms with E-state index in [1.165, 1.54) is 30.5 Å². The standard InChI is InChI=1S/C34H29F7N4O3/c35-23-5-1-20(2-6-23)29(22-13-24(36)15-25(37)14-22)16-32(46)44-31-19-43-18-30(38)28(31)10-7-26-17-42-11-12-45(26)33(47)21-3-8-27(9-4-21)48-34(39,40)41/h1-6,8-9,13-15,18-19,26,29,42H,7,10-12,16-17H2,(H,44,46)/t26-,29?/m0/s1. The van der Waals surface area contributed by atoms with Gasteiger partial charge in [0.15, 0.2) is 0 Å². The quantitative estimate of drug-likeness (QED) is 0.182. The number of benzene rings is 3. The lowest BCUT2D eigenvalue weighted by Crippen LogP contribution is -2.53. The van der Waals surface area contributed by atoms with Crippen molar-refractivity contribution >= 4 is 17.5 Å². The van der Waals surface area contributed by atoms with Gasteiger partial charge in [0, 0.05) is 55.2 Å². The average Bonchev–Trinajstić information content (AvgIpc) is 3.03. The van der Waals surface area contributed by atoms with Crippen LogP contribution in [0.25, 0.3) is 0 Å². The summed E-state index contributed by atoms with van der Waals surface area (Å²) in [7, 11) is 0. The van der Waals surface area contributed by atoms with Crippen molar-refractivity contribution in [2.24, 2.45) is 0 Å². The van der Waals surface area contributed by atoms with E-state index in [9.17, 15) is 35.9 Å². The van der Waals surface area contributed by atoms with Gasteiger partial charge in [0.25, 0.3) is 5.91 Å². The van der Waals surface area contributed by atoms with Crippen LogP contribution in [0.1, 0.15) is 45.8 Å². The molecule has 48 heavy (non-hydrogen) atoms. The van der Waals surface area contributed by atoms with E-state index in [1.54, 1.807) is 4.90 Å². The van der Waals surface area contributed by atoms with Gasteiger partial charge in [0.1, 0.15) is 29.0 Å². The summed E-state index contributed by atoms with van der Waals surface area (Å²) in [6.45, 7) is 1.12. The van der Waals surface area contributed by atoms with Gasteiger partial charge in [-0.05, 0) is 72.5 Å². The topological polar surface area (TPSA) is 83.6 Å². The first-order chi connectivity index (χ1) is 22.9. The summed E-state index contributed by atoms with van der Waals surface area (Å²) in [5.41, 5.74) is 0.883. The first-order valence-electron chi connectivity index (χ1n) is 14.9. The van der Waals surface area contributed by atoms with Gasteiger partial charge in [-0.2, -0.15) is 0 Å². The van der Waals surface area contributed by atoms with Crippen LogP contribution in [0.3, 0.4) is 0 Å². The fraction of sp³-hybridized carbons (Fsp3) is 0.265. The highest BCUT2D eigenvalue weighted by Crippen LogP contribution is 2.31. The van der Waals surface area contributed by atoms with Crippen molar-refractivity contribution in [3.63, 3.8) is 0 Å². The number of amides is 2. The van der Waals surface area contributed by atoms with Crippen LogP contribution in [0.5, 0.6) is 5.75 Å². The number of piperazine rings is 1. The Morgan fingerprint density at radius 2 is 1.60 bits per heavy atom. The Morgan fingerprint density at radius 1 is 0.917 bits per heavy atom. The molecule has 4 aromatic rings. The monoisotopic (exact) mass is 674 g/mol. The zero-order chi connectivity index (χ0) is 34.4. The maximum Gasteiger partial charge on any atom is 0.573 e. The number of nitrogens with zero attached hydrogens (tertiary/aromatic N) is 2. The molecule has 2 atom stereocenters. The Bertz CT molecular complexity index is 1730. The number of carbonyl (C=O) groups is 2. The summed E-state index contributed by atoms with van der Waals surface area (Å²) in [4.78, 5) is 32.0. The van der Waals surface area contributed by atoms with Crippen LogP contribution in [0.15, 0.2) is 79.1 Å². The van der Waals surface area contributed by atoms with E-state index < -0.39 is 59.2 Å². The summed E-state index contributed by atoms with van der Waals surface area (Å²) in [6, 6.07) is 12.1. The molecule has 3 aromatic carbocycles. The third-order valence-corrected chi connectivity index (χ3v) is 7.90. The molecule has 252 valence electrons. The molecule has 0 aliphatic carbocycles. The first-order valence-corrected chi connectivity index (χ1v) is 14.9. The molecule has 7 nitrogen and oxygen atoms in total. The second kappa shape index (κ2) is 14.8. The third kappa shape index (κ3) is 8.88. The van der Waals surface area contributed by atoms with E-state index >= 15 is 4.39 Å². The molecular formula is C34H29F7N4O3. The number of hydrogen-bond donors (Lipinski definition) is 2. The lowest BCUT2D eigenvalue weighted by molar-refractivity contribution is -0.274. The van der Waals surface area contributed by atoms with E-state index in [0.717, 1.165) is 42.6 Å². The number of rotatable bonds is 10. The molecule has 1 saturated heterocycles. The molecular weight excluding hydrogens is 645 g/mol. The van der Waals surface area contributed by atoms with Gasteiger partial charge in [0.2, 0.25) is 5.91 Å². The molecule has 1 fully saturated rings. The molecule has 0 saturated carbocycles. The van der Waals surface area contributed by atoms with Crippen molar-refractivity contribution in [2.45, 2.75) is 37.6 Å². The maximum absolute atomic E-state index is 15.1. The molecule has 14 heteroatoms. The predicted octanol–water partition coefficient (Wildman–Crippen LogP) is 6.74. The predicted molar refractivity (Wildman–Crippen MR) is 161 cm³/mol. The summed E-state index contributed by atoms with van der Waals surface area (Å²) in [5.74, 6) is -5.35. The number of carbonyl (C=O) groups excluding carboxylic acids is 2.